The maximum Gasteiger partial charge on any atom is 0.00951 e. The molecule has 0 aliphatic carbocycles. The molecule has 1 N–H and O–H groups in total. The van der Waals surface area contributed by atoms with Gasteiger partial charge in [0.1, 0.15) is 0 Å². The average molecular weight is 227 g/mol. The fourth-order valence-electron chi connectivity index (χ4n) is 2.48. The highest BCUT2D eigenvalue weighted by atomic mass is 14.9. The Bertz CT molecular complexity index is 129. The third-order valence-electron chi connectivity index (χ3n) is 3.64. The molecule has 16 heavy (non-hydrogen) atoms. The maximum atomic E-state index is 3.75. The summed E-state index contributed by atoms with van der Waals surface area (Å²) >= 11 is 0. The first kappa shape index (κ1) is 16.0. The number of hydrogen-bond acceptors (Lipinski definition) is 1. The summed E-state index contributed by atoms with van der Waals surface area (Å²) in [6.45, 7) is 10.4. The van der Waals surface area contributed by atoms with Crippen LogP contribution < -0.4 is 5.32 Å². The van der Waals surface area contributed by atoms with Crippen molar-refractivity contribution in [3.8, 4) is 0 Å². The molecule has 0 radical (unpaired) electrons. The quantitative estimate of drug-likeness (QED) is 0.502. The first-order chi connectivity index (χ1) is 7.79. The third-order valence-corrected chi connectivity index (χ3v) is 3.64. The molecule has 0 heterocycles. The van der Waals surface area contributed by atoms with Crippen LogP contribution in [0.3, 0.4) is 0 Å². The van der Waals surface area contributed by atoms with Crippen LogP contribution >= 0.6 is 0 Å². The van der Waals surface area contributed by atoms with Gasteiger partial charge < -0.3 is 5.32 Å². The van der Waals surface area contributed by atoms with E-state index in [2.05, 4.69) is 33.0 Å². The molecule has 0 aromatic carbocycles. The van der Waals surface area contributed by atoms with Gasteiger partial charge in [0.25, 0.3) is 0 Å². The Balaban J connectivity index is 3.88. The van der Waals surface area contributed by atoms with Gasteiger partial charge >= 0.3 is 0 Å². The first-order valence-corrected chi connectivity index (χ1v) is 7.53. The monoisotopic (exact) mass is 227 g/mol. The van der Waals surface area contributed by atoms with Crippen LogP contribution in [0.15, 0.2) is 0 Å². The molecular formula is C15H33N. The summed E-state index contributed by atoms with van der Waals surface area (Å²) in [7, 11) is 0. The number of unbranched alkanes of at least 4 members (excludes halogenated alkanes) is 3. The van der Waals surface area contributed by atoms with Gasteiger partial charge in [0.05, 0.1) is 0 Å². The van der Waals surface area contributed by atoms with Crippen LogP contribution in [0.5, 0.6) is 0 Å². The number of hydrogen-bond donors (Lipinski definition) is 1. The molecule has 1 atom stereocenters. The van der Waals surface area contributed by atoms with Gasteiger partial charge in [-0.3, -0.25) is 0 Å². The smallest absolute Gasteiger partial charge is 0.00951 e. The van der Waals surface area contributed by atoms with Crippen molar-refractivity contribution in [1.82, 2.24) is 5.32 Å². The van der Waals surface area contributed by atoms with E-state index in [-0.39, 0.29) is 0 Å². The zero-order valence-corrected chi connectivity index (χ0v) is 12.0. The van der Waals surface area contributed by atoms with E-state index in [1.54, 1.807) is 0 Å². The summed E-state index contributed by atoms with van der Waals surface area (Å²) in [6, 6.07) is 0.770. The van der Waals surface area contributed by atoms with E-state index >= 15 is 0 Å². The van der Waals surface area contributed by atoms with E-state index in [9.17, 15) is 0 Å². The zero-order chi connectivity index (χ0) is 12.2. The Hall–Kier alpha value is -0.0400. The lowest BCUT2D eigenvalue weighted by Gasteiger charge is -2.26. The van der Waals surface area contributed by atoms with Crippen LogP contribution in [0.2, 0.25) is 0 Å². The molecule has 0 spiro atoms. The van der Waals surface area contributed by atoms with Crippen LogP contribution in [0.25, 0.3) is 0 Å². The van der Waals surface area contributed by atoms with Gasteiger partial charge in [-0.1, -0.05) is 66.2 Å². The second kappa shape index (κ2) is 11.4. The van der Waals surface area contributed by atoms with Crippen LogP contribution in [-0.2, 0) is 0 Å². The topological polar surface area (TPSA) is 12.0 Å². The summed E-state index contributed by atoms with van der Waals surface area (Å²) in [5, 5.41) is 3.75. The van der Waals surface area contributed by atoms with E-state index in [1.165, 1.54) is 57.9 Å². The second-order valence-corrected chi connectivity index (χ2v) is 4.99. The van der Waals surface area contributed by atoms with Crippen molar-refractivity contribution in [1.29, 1.82) is 0 Å². The fraction of sp³-hybridized carbons (Fsp3) is 1.00. The molecule has 0 aromatic heterocycles. The molecule has 0 aliphatic heterocycles. The van der Waals surface area contributed by atoms with E-state index in [0.29, 0.717) is 0 Å². The molecule has 1 heteroatoms. The van der Waals surface area contributed by atoms with Gasteiger partial charge in [0.15, 0.2) is 0 Å². The first-order valence-electron chi connectivity index (χ1n) is 7.53. The Morgan fingerprint density at radius 2 is 1.50 bits per heavy atom. The summed E-state index contributed by atoms with van der Waals surface area (Å²) < 4.78 is 0. The van der Waals surface area contributed by atoms with Gasteiger partial charge in [-0.15, -0.1) is 0 Å². The zero-order valence-electron chi connectivity index (χ0n) is 12.0. The van der Waals surface area contributed by atoms with Crippen molar-refractivity contribution < 1.29 is 0 Å². The highest BCUT2D eigenvalue weighted by molar-refractivity contribution is 4.74. The van der Waals surface area contributed by atoms with E-state index in [1.807, 2.05) is 0 Å². The molecule has 0 aromatic rings. The molecule has 0 aliphatic rings. The standard InChI is InChI=1S/C15H33N/c1-5-9-10-11-12-15(16-13-6-2)14(7-3)8-4/h14-16H,5-13H2,1-4H3. The molecule has 0 saturated heterocycles. The highest BCUT2D eigenvalue weighted by Gasteiger charge is 2.16. The predicted molar refractivity (Wildman–Crippen MR) is 74.9 cm³/mol. The molecule has 0 bridgehead atoms. The van der Waals surface area contributed by atoms with Crippen molar-refractivity contribution in [3.05, 3.63) is 0 Å². The van der Waals surface area contributed by atoms with E-state index in [4.69, 9.17) is 0 Å². The second-order valence-electron chi connectivity index (χ2n) is 4.99. The van der Waals surface area contributed by atoms with Crippen LogP contribution in [0.4, 0.5) is 0 Å². The Morgan fingerprint density at radius 1 is 0.812 bits per heavy atom. The summed E-state index contributed by atoms with van der Waals surface area (Å²) in [5.74, 6) is 0.883. The molecule has 0 amide bonds. The average Bonchev–Trinajstić information content (AvgIpc) is 2.31. The van der Waals surface area contributed by atoms with Gasteiger partial charge in [0, 0.05) is 6.04 Å². The maximum absolute atomic E-state index is 3.75. The lowest BCUT2D eigenvalue weighted by Crippen LogP contribution is -2.36. The van der Waals surface area contributed by atoms with Crippen LogP contribution in [-0.4, -0.2) is 12.6 Å². The van der Waals surface area contributed by atoms with Gasteiger partial charge in [-0.2, -0.15) is 0 Å². The minimum Gasteiger partial charge on any atom is -0.314 e. The molecule has 0 saturated carbocycles. The molecule has 0 fully saturated rings. The fourth-order valence-corrected chi connectivity index (χ4v) is 2.48. The SMILES string of the molecule is CCCCCCC(NCCC)C(CC)CC. The van der Waals surface area contributed by atoms with Gasteiger partial charge in [0.2, 0.25) is 0 Å². The van der Waals surface area contributed by atoms with Crippen LogP contribution in [0.1, 0.15) is 79.1 Å². The summed E-state index contributed by atoms with van der Waals surface area (Å²) in [6.07, 6.45) is 10.9. The molecule has 0 rings (SSSR count). The van der Waals surface area contributed by atoms with Crippen molar-refractivity contribution >= 4 is 0 Å². The molecule has 98 valence electrons. The van der Waals surface area contributed by atoms with E-state index in [0.717, 1.165) is 12.0 Å². The molecule has 1 nitrogen and oxygen atoms in total. The summed E-state index contributed by atoms with van der Waals surface area (Å²) in [5.41, 5.74) is 0. The highest BCUT2D eigenvalue weighted by Crippen LogP contribution is 2.18. The largest absolute Gasteiger partial charge is 0.314 e. The normalized spacial score (nSPS) is 13.3. The third kappa shape index (κ3) is 7.27. The number of rotatable bonds is 11. The molecule has 1 unspecified atom stereocenters. The minimum atomic E-state index is 0.770. The lowest BCUT2D eigenvalue weighted by atomic mass is 9.90. The van der Waals surface area contributed by atoms with Crippen molar-refractivity contribution in [2.45, 2.75) is 85.1 Å². The lowest BCUT2D eigenvalue weighted by molar-refractivity contribution is 0.310. The van der Waals surface area contributed by atoms with Crippen molar-refractivity contribution in [2.24, 2.45) is 5.92 Å². The van der Waals surface area contributed by atoms with Gasteiger partial charge in [-0.25, -0.2) is 0 Å². The summed E-state index contributed by atoms with van der Waals surface area (Å²) in [4.78, 5) is 0. The number of nitrogens with one attached hydrogen (secondary N) is 1. The van der Waals surface area contributed by atoms with Crippen molar-refractivity contribution in [2.75, 3.05) is 6.54 Å². The Morgan fingerprint density at radius 3 is 2.00 bits per heavy atom. The van der Waals surface area contributed by atoms with E-state index < -0.39 is 0 Å². The minimum absolute atomic E-state index is 0.770. The van der Waals surface area contributed by atoms with Crippen molar-refractivity contribution in [3.63, 3.8) is 0 Å². The van der Waals surface area contributed by atoms with Gasteiger partial charge in [-0.05, 0) is 25.3 Å². The van der Waals surface area contributed by atoms with Crippen LogP contribution in [0, 0.1) is 5.92 Å². The molecular weight excluding hydrogens is 194 g/mol. The predicted octanol–water partition coefficient (Wildman–Crippen LogP) is 4.76. The Labute approximate surface area is 103 Å². The Kier molecular flexibility index (Phi) is 11.4.